The lowest BCUT2D eigenvalue weighted by molar-refractivity contribution is 1.13. The highest BCUT2D eigenvalue weighted by molar-refractivity contribution is 5.53. The van der Waals surface area contributed by atoms with Crippen LogP contribution in [0.2, 0.25) is 0 Å². The van der Waals surface area contributed by atoms with E-state index in [1.807, 2.05) is 20.1 Å². The van der Waals surface area contributed by atoms with Crippen molar-refractivity contribution >= 4 is 6.21 Å². The average Bonchev–Trinajstić information content (AvgIpc) is 1.83. The Hall–Kier alpha value is -0.590. The molecule has 0 amide bonds. The Kier molecular flexibility index (Phi) is 4.23. The molecule has 0 fully saturated rings. The third kappa shape index (κ3) is 3.59. The molecule has 0 aromatic carbocycles. The van der Waals surface area contributed by atoms with Crippen molar-refractivity contribution in [2.45, 2.75) is 20.8 Å². The molecule has 1 nitrogen and oxygen atoms in total. The summed E-state index contributed by atoms with van der Waals surface area (Å²) in [5.41, 5.74) is 1.32. The van der Waals surface area contributed by atoms with Gasteiger partial charge in [0.1, 0.15) is 0 Å². The largest absolute Gasteiger partial charge is 0.293 e. The molecule has 0 unspecified atom stereocenters. The summed E-state index contributed by atoms with van der Waals surface area (Å²) >= 11 is 0. The fourth-order valence-electron chi connectivity index (χ4n) is 0.327. The van der Waals surface area contributed by atoms with Gasteiger partial charge in [-0.1, -0.05) is 11.6 Å². The molecule has 0 saturated heterocycles. The molecule has 0 radical (unpaired) electrons. The van der Waals surface area contributed by atoms with Gasteiger partial charge < -0.3 is 0 Å². The van der Waals surface area contributed by atoms with Crippen LogP contribution in [-0.4, -0.2) is 12.8 Å². The molecule has 0 aliphatic rings. The number of rotatable bonds is 2. The number of hydrogen-bond acceptors (Lipinski definition) is 1. The molecule has 0 aromatic rings. The van der Waals surface area contributed by atoms with Crippen molar-refractivity contribution < 1.29 is 0 Å². The molecule has 0 aliphatic heterocycles. The minimum atomic E-state index is 0.854. The quantitative estimate of drug-likeness (QED) is 0.382. The van der Waals surface area contributed by atoms with Gasteiger partial charge in [-0.15, -0.1) is 0 Å². The predicted octanol–water partition coefficient (Wildman–Crippen LogP) is 2.04. The zero-order valence-electron chi connectivity index (χ0n) is 5.81. The van der Waals surface area contributed by atoms with E-state index in [0.29, 0.717) is 0 Å². The van der Waals surface area contributed by atoms with Gasteiger partial charge >= 0.3 is 0 Å². The molecular weight excluding hydrogens is 98.1 g/mol. The second-order valence-electron chi connectivity index (χ2n) is 1.73. The number of nitrogens with zero attached hydrogens (tertiary/aromatic N) is 1. The third-order valence-electron chi connectivity index (χ3n) is 1.02. The van der Waals surface area contributed by atoms with Crippen molar-refractivity contribution in [1.82, 2.24) is 0 Å². The van der Waals surface area contributed by atoms with Crippen molar-refractivity contribution in [3.63, 3.8) is 0 Å². The first-order valence-electron chi connectivity index (χ1n) is 2.87. The topological polar surface area (TPSA) is 12.4 Å². The summed E-state index contributed by atoms with van der Waals surface area (Å²) in [6, 6.07) is 0. The minimum absolute atomic E-state index is 0.854. The van der Waals surface area contributed by atoms with Crippen LogP contribution in [-0.2, 0) is 0 Å². The van der Waals surface area contributed by atoms with Crippen LogP contribution in [0.5, 0.6) is 0 Å². The first-order chi connectivity index (χ1) is 3.81. The van der Waals surface area contributed by atoms with Gasteiger partial charge in [-0.25, -0.2) is 0 Å². The van der Waals surface area contributed by atoms with Gasteiger partial charge in [-0.05, 0) is 27.0 Å². The number of hydrogen-bond donors (Lipinski definition) is 0. The highest BCUT2D eigenvalue weighted by Crippen LogP contribution is 1.89. The fourth-order valence-corrected chi connectivity index (χ4v) is 0.327. The predicted molar refractivity (Wildman–Crippen MR) is 38.5 cm³/mol. The molecule has 0 rings (SSSR count). The third-order valence-corrected chi connectivity index (χ3v) is 1.02. The summed E-state index contributed by atoms with van der Waals surface area (Å²) in [4.78, 5) is 4.05. The van der Waals surface area contributed by atoms with Crippen LogP contribution < -0.4 is 0 Å². The Bertz CT molecular complexity index is 101. The summed E-state index contributed by atoms with van der Waals surface area (Å²) < 4.78 is 0. The van der Waals surface area contributed by atoms with E-state index >= 15 is 0 Å². The summed E-state index contributed by atoms with van der Waals surface area (Å²) in [5, 5.41) is 0. The molecule has 0 N–H and O–H groups in total. The summed E-state index contributed by atoms with van der Waals surface area (Å²) in [5.74, 6) is 0. The minimum Gasteiger partial charge on any atom is -0.293 e. The standard InChI is InChI=1S/C7H13N/c1-4-7(3)6-8-5-2/h4-5H,6H2,1-3H3/b7-4+,8-5+. The van der Waals surface area contributed by atoms with E-state index in [9.17, 15) is 0 Å². The summed E-state index contributed by atoms with van der Waals surface area (Å²) in [7, 11) is 0. The normalized spacial score (nSPS) is 13.1. The van der Waals surface area contributed by atoms with Crippen LogP contribution in [0.25, 0.3) is 0 Å². The second kappa shape index (κ2) is 4.57. The van der Waals surface area contributed by atoms with Crippen LogP contribution in [0.3, 0.4) is 0 Å². The SMILES string of the molecule is C/C=N/C/C(C)=C/C. The van der Waals surface area contributed by atoms with Crippen LogP contribution in [0, 0.1) is 0 Å². The molecule has 0 aliphatic carbocycles. The van der Waals surface area contributed by atoms with Gasteiger partial charge in [0.2, 0.25) is 0 Å². The lowest BCUT2D eigenvalue weighted by atomic mass is 10.3. The lowest BCUT2D eigenvalue weighted by Gasteiger charge is -1.88. The van der Waals surface area contributed by atoms with E-state index < -0.39 is 0 Å². The average molecular weight is 111 g/mol. The van der Waals surface area contributed by atoms with Crippen LogP contribution >= 0.6 is 0 Å². The van der Waals surface area contributed by atoms with Gasteiger partial charge in [0, 0.05) is 0 Å². The van der Waals surface area contributed by atoms with E-state index in [2.05, 4.69) is 18.0 Å². The van der Waals surface area contributed by atoms with Gasteiger partial charge in [0.25, 0.3) is 0 Å². The van der Waals surface area contributed by atoms with E-state index in [4.69, 9.17) is 0 Å². The molecule has 0 heterocycles. The summed E-state index contributed by atoms with van der Waals surface area (Å²) in [6.45, 7) is 6.89. The molecule has 0 saturated carbocycles. The molecule has 0 aromatic heterocycles. The molecule has 1 heteroatoms. The van der Waals surface area contributed by atoms with Crippen LogP contribution in [0.4, 0.5) is 0 Å². The van der Waals surface area contributed by atoms with Gasteiger partial charge in [-0.3, -0.25) is 4.99 Å². The zero-order valence-corrected chi connectivity index (χ0v) is 5.81. The van der Waals surface area contributed by atoms with Crippen molar-refractivity contribution in [3.05, 3.63) is 11.6 Å². The Balaban J connectivity index is 3.40. The highest BCUT2D eigenvalue weighted by Gasteiger charge is 1.78. The smallest absolute Gasteiger partial charge is 0.0592 e. The first kappa shape index (κ1) is 7.41. The number of aliphatic imine (C=N–C) groups is 1. The van der Waals surface area contributed by atoms with Crippen LogP contribution in [0.1, 0.15) is 20.8 Å². The lowest BCUT2D eigenvalue weighted by Crippen LogP contribution is -1.80. The second-order valence-corrected chi connectivity index (χ2v) is 1.73. The van der Waals surface area contributed by atoms with E-state index in [0.717, 1.165) is 6.54 Å². The molecular formula is C7H13N. The van der Waals surface area contributed by atoms with Crippen molar-refractivity contribution in [2.24, 2.45) is 4.99 Å². The monoisotopic (exact) mass is 111 g/mol. The van der Waals surface area contributed by atoms with Gasteiger partial charge in [0.15, 0.2) is 0 Å². The Labute approximate surface area is 51.1 Å². The van der Waals surface area contributed by atoms with Crippen molar-refractivity contribution in [3.8, 4) is 0 Å². The summed E-state index contributed by atoms with van der Waals surface area (Å²) in [6.07, 6.45) is 3.90. The number of allylic oxidation sites excluding steroid dienone is 1. The maximum absolute atomic E-state index is 4.05. The van der Waals surface area contributed by atoms with Crippen molar-refractivity contribution in [2.75, 3.05) is 6.54 Å². The molecule has 0 bridgehead atoms. The van der Waals surface area contributed by atoms with E-state index in [-0.39, 0.29) is 0 Å². The fraction of sp³-hybridized carbons (Fsp3) is 0.571. The first-order valence-corrected chi connectivity index (χ1v) is 2.87. The maximum Gasteiger partial charge on any atom is 0.0592 e. The zero-order chi connectivity index (χ0) is 6.41. The molecule has 46 valence electrons. The van der Waals surface area contributed by atoms with Gasteiger partial charge in [0.05, 0.1) is 6.54 Å². The Morgan fingerprint density at radius 2 is 2.12 bits per heavy atom. The van der Waals surface area contributed by atoms with Crippen LogP contribution in [0.15, 0.2) is 16.6 Å². The Morgan fingerprint density at radius 3 is 2.50 bits per heavy atom. The van der Waals surface area contributed by atoms with Crippen molar-refractivity contribution in [1.29, 1.82) is 0 Å². The van der Waals surface area contributed by atoms with Gasteiger partial charge in [-0.2, -0.15) is 0 Å². The Morgan fingerprint density at radius 1 is 1.50 bits per heavy atom. The molecule has 0 atom stereocenters. The van der Waals surface area contributed by atoms with E-state index in [1.165, 1.54) is 5.57 Å². The molecule has 8 heavy (non-hydrogen) atoms. The van der Waals surface area contributed by atoms with E-state index in [1.54, 1.807) is 0 Å². The highest BCUT2D eigenvalue weighted by atomic mass is 14.7. The maximum atomic E-state index is 4.05. The molecule has 0 spiro atoms.